The van der Waals surface area contributed by atoms with Gasteiger partial charge in [-0.25, -0.2) is 0 Å². The summed E-state index contributed by atoms with van der Waals surface area (Å²) in [5, 5.41) is 8.28. The summed E-state index contributed by atoms with van der Waals surface area (Å²) in [7, 11) is 0. The van der Waals surface area contributed by atoms with Crippen molar-refractivity contribution < 1.29 is 9.05 Å². The summed E-state index contributed by atoms with van der Waals surface area (Å²) in [6, 6.07) is 0. The van der Waals surface area contributed by atoms with Crippen LogP contribution in [0.1, 0.15) is 67.4 Å². The normalized spacial score (nSPS) is 23.0. The minimum Gasteiger partial charge on any atom is -0.339 e. The molecule has 0 spiro atoms. The summed E-state index contributed by atoms with van der Waals surface area (Å²) in [4.78, 5) is 13.9. The van der Waals surface area contributed by atoms with Crippen LogP contribution in [0.5, 0.6) is 0 Å². The Balaban J connectivity index is 1.13. The average molecular weight is 344 g/mol. The molecule has 3 aliphatic rings. The third kappa shape index (κ3) is 3.74. The SMILES string of the molecule is C1CN(Cc2noc(C3CC3)n2)CCN(Cc2noc(C3CC3)n2)C1. The molecule has 0 bridgehead atoms. The van der Waals surface area contributed by atoms with Gasteiger partial charge in [-0.15, -0.1) is 0 Å². The van der Waals surface area contributed by atoms with Crippen LogP contribution >= 0.6 is 0 Å². The molecule has 0 amide bonds. The van der Waals surface area contributed by atoms with Gasteiger partial charge in [0, 0.05) is 24.9 Å². The highest BCUT2D eigenvalue weighted by atomic mass is 16.5. The van der Waals surface area contributed by atoms with E-state index in [1.54, 1.807) is 0 Å². The van der Waals surface area contributed by atoms with E-state index in [0.29, 0.717) is 11.8 Å². The molecular formula is C17H24N6O2. The number of rotatable bonds is 6. The third-order valence-electron chi connectivity index (χ3n) is 5.23. The van der Waals surface area contributed by atoms with E-state index in [2.05, 4.69) is 30.1 Å². The fourth-order valence-corrected chi connectivity index (χ4v) is 3.40. The van der Waals surface area contributed by atoms with Crippen LogP contribution in [0.4, 0.5) is 0 Å². The second-order valence-electron chi connectivity index (χ2n) is 7.55. The highest BCUT2D eigenvalue weighted by molar-refractivity contribution is 5.02. The molecule has 25 heavy (non-hydrogen) atoms. The molecule has 0 aromatic carbocycles. The number of nitrogens with zero attached hydrogens (tertiary/aromatic N) is 6. The van der Waals surface area contributed by atoms with Gasteiger partial charge in [-0.2, -0.15) is 9.97 Å². The second-order valence-corrected chi connectivity index (χ2v) is 7.55. The van der Waals surface area contributed by atoms with Crippen LogP contribution in [0.3, 0.4) is 0 Å². The van der Waals surface area contributed by atoms with Gasteiger partial charge in [0.25, 0.3) is 0 Å². The first-order valence-electron chi connectivity index (χ1n) is 9.43. The van der Waals surface area contributed by atoms with E-state index in [0.717, 1.165) is 69.1 Å². The fourth-order valence-electron chi connectivity index (χ4n) is 3.40. The zero-order chi connectivity index (χ0) is 16.6. The quantitative estimate of drug-likeness (QED) is 0.786. The van der Waals surface area contributed by atoms with Crippen molar-refractivity contribution in [2.24, 2.45) is 0 Å². The molecule has 2 aromatic heterocycles. The number of hydrogen-bond acceptors (Lipinski definition) is 8. The summed E-state index contributed by atoms with van der Waals surface area (Å²) < 4.78 is 10.7. The summed E-state index contributed by atoms with van der Waals surface area (Å²) >= 11 is 0. The Kier molecular flexibility index (Phi) is 4.01. The predicted octanol–water partition coefficient (Wildman–Crippen LogP) is 1.92. The van der Waals surface area contributed by atoms with Crippen LogP contribution < -0.4 is 0 Å². The van der Waals surface area contributed by atoms with Crippen molar-refractivity contribution in [2.75, 3.05) is 26.2 Å². The average Bonchev–Trinajstić information content (AvgIpc) is 3.54. The summed E-state index contributed by atoms with van der Waals surface area (Å²) in [6.45, 7) is 5.67. The van der Waals surface area contributed by atoms with Crippen molar-refractivity contribution in [3.05, 3.63) is 23.4 Å². The van der Waals surface area contributed by atoms with Gasteiger partial charge >= 0.3 is 0 Å². The van der Waals surface area contributed by atoms with Gasteiger partial charge in [-0.3, -0.25) is 9.80 Å². The summed E-state index contributed by atoms with van der Waals surface area (Å²) in [5.41, 5.74) is 0. The molecule has 0 unspecified atom stereocenters. The van der Waals surface area contributed by atoms with Crippen LogP contribution in [-0.2, 0) is 13.1 Å². The first-order valence-corrected chi connectivity index (χ1v) is 9.43. The zero-order valence-electron chi connectivity index (χ0n) is 14.4. The molecule has 1 saturated heterocycles. The highest BCUT2D eigenvalue weighted by Gasteiger charge is 2.31. The van der Waals surface area contributed by atoms with Crippen LogP contribution in [0.15, 0.2) is 9.05 Å². The Morgan fingerprint density at radius 3 is 1.64 bits per heavy atom. The molecular weight excluding hydrogens is 320 g/mol. The monoisotopic (exact) mass is 344 g/mol. The molecule has 134 valence electrons. The standard InChI is InChI=1S/C17H24N6O2/c1-6-22(10-14-18-16(24-20-14)12-2-3-12)8-9-23(7-1)11-15-19-17(25-21-15)13-4-5-13/h12-13H,1-11H2. The van der Waals surface area contributed by atoms with E-state index in [1.807, 2.05) is 0 Å². The minimum atomic E-state index is 0.524. The van der Waals surface area contributed by atoms with Crippen LogP contribution in [-0.4, -0.2) is 56.3 Å². The summed E-state index contributed by atoms with van der Waals surface area (Å²) in [6.07, 6.45) is 5.90. The van der Waals surface area contributed by atoms with Crippen molar-refractivity contribution in [3.8, 4) is 0 Å². The van der Waals surface area contributed by atoms with Gasteiger partial charge in [-0.1, -0.05) is 10.3 Å². The first kappa shape index (κ1) is 15.5. The van der Waals surface area contributed by atoms with Gasteiger partial charge in [0.15, 0.2) is 11.6 Å². The maximum atomic E-state index is 5.36. The molecule has 0 radical (unpaired) electrons. The van der Waals surface area contributed by atoms with E-state index >= 15 is 0 Å². The highest BCUT2D eigenvalue weighted by Crippen LogP contribution is 2.39. The van der Waals surface area contributed by atoms with Gasteiger partial charge < -0.3 is 9.05 Å². The largest absolute Gasteiger partial charge is 0.339 e. The minimum absolute atomic E-state index is 0.524. The molecule has 0 atom stereocenters. The Hall–Kier alpha value is -1.80. The van der Waals surface area contributed by atoms with Crippen LogP contribution in [0.2, 0.25) is 0 Å². The topological polar surface area (TPSA) is 84.3 Å². The molecule has 8 heteroatoms. The lowest BCUT2D eigenvalue weighted by atomic mass is 10.3. The molecule has 8 nitrogen and oxygen atoms in total. The fraction of sp³-hybridized carbons (Fsp3) is 0.765. The van der Waals surface area contributed by atoms with E-state index in [4.69, 9.17) is 9.05 Å². The van der Waals surface area contributed by atoms with Crippen LogP contribution in [0, 0.1) is 0 Å². The molecule has 5 rings (SSSR count). The lowest BCUT2D eigenvalue weighted by molar-refractivity contribution is 0.236. The van der Waals surface area contributed by atoms with Crippen molar-refractivity contribution in [1.29, 1.82) is 0 Å². The molecule has 2 aromatic rings. The van der Waals surface area contributed by atoms with Gasteiger partial charge in [0.1, 0.15) is 0 Å². The summed E-state index contributed by atoms with van der Waals surface area (Å²) in [5.74, 6) is 4.35. The third-order valence-corrected chi connectivity index (χ3v) is 5.23. The maximum Gasteiger partial charge on any atom is 0.229 e. The van der Waals surface area contributed by atoms with Crippen molar-refractivity contribution in [2.45, 2.75) is 57.0 Å². The lowest BCUT2D eigenvalue weighted by Crippen LogP contribution is -2.30. The van der Waals surface area contributed by atoms with E-state index < -0.39 is 0 Å². The molecule has 3 fully saturated rings. The van der Waals surface area contributed by atoms with Crippen molar-refractivity contribution >= 4 is 0 Å². The Morgan fingerprint density at radius 1 is 0.720 bits per heavy atom. The van der Waals surface area contributed by atoms with E-state index in [-0.39, 0.29) is 0 Å². The molecule has 3 heterocycles. The smallest absolute Gasteiger partial charge is 0.229 e. The van der Waals surface area contributed by atoms with Crippen LogP contribution in [0.25, 0.3) is 0 Å². The van der Waals surface area contributed by atoms with Gasteiger partial charge in [0.2, 0.25) is 11.8 Å². The predicted molar refractivity (Wildman–Crippen MR) is 87.7 cm³/mol. The Labute approximate surface area is 146 Å². The van der Waals surface area contributed by atoms with E-state index in [9.17, 15) is 0 Å². The zero-order valence-corrected chi connectivity index (χ0v) is 14.4. The number of aromatic nitrogens is 4. The molecule has 0 N–H and O–H groups in total. The van der Waals surface area contributed by atoms with Gasteiger partial charge in [-0.05, 0) is 45.2 Å². The van der Waals surface area contributed by atoms with Crippen molar-refractivity contribution in [3.63, 3.8) is 0 Å². The Morgan fingerprint density at radius 2 is 1.20 bits per heavy atom. The lowest BCUT2D eigenvalue weighted by Gasteiger charge is -2.19. The van der Waals surface area contributed by atoms with E-state index in [1.165, 1.54) is 25.7 Å². The molecule has 2 aliphatic carbocycles. The van der Waals surface area contributed by atoms with Crippen molar-refractivity contribution in [1.82, 2.24) is 30.1 Å². The second kappa shape index (κ2) is 6.49. The number of hydrogen-bond donors (Lipinski definition) is 0. The first-order chi connectivity index (χ1) is 12.3. The maximum absolute atomic E-state index is 5.36. The van der Waals surface area contributed by atoms with Gasteiger partial charge in [0.05, 0.1) is 13.1 Å². The molecule has 1 aliphatic heterocycles. The Bertz CT molecular complexity index is 660. The molecule has 2 saturated carbocycles.